The number of rotatable bonds is 4. The molecule has 1 unspecified atom stereocenters. The molecule has 152 valence electrons. The largest absolute Gasteiger partial charge is 0.441 e. The van der Waals surface area contributed by atoms with Crippen molar-refractivity contribution >= 4 is 23.6 Å². The van der Waals surface area contributed by atoms with Gasteiger partial charge in [-0.25, -0.2) is 9.18 Å². The van der Waals surface area contributed by atoms with Crippen molar-refractivity contribution in [2.75, 3.05) is 13.1 Å². The van der Waals surface area contributed by atoms with Crippen molar-refractivity contribution in [3.05, 3.63) is 52.1 Å². The Morgan fingerprint density at radius 1 is 1.38 bits per heavy atom. The number of nitrogens with zero attached hydrogens (tertiary/aromatic N) is 3. The summed E-state index contributed by atoms with van der Waals surface area (Å²) in [5, 5.41) is 7.34. The standard InChI is InChI=1S/C20H20ClFN4O3/c1-25-15(13(21)8-24-25)5-16-17-12(3-2-4-14(17)22)18(27)26(16)9-11-6-20(7-11)10-23-19(28)29-20/h2-4,8,11,16H,5-7,9-10H2,1H3,(H,23,28). The first-order valence-corrected chi connectivity index (χ1v) is 9.97. The van der Waals surface area contributed by atoms with Crippen molar-refractivity contribution in [2.24, 2.45) is 13.0 Å². The topological polar surface area (TPSA) is 76.5 Å². The molecule has 2 aromatic rings. The molecule has 9 heteroatoms. The normalized spacial score (nSPS) is 27.8. The summed E-state index contributed by atoms with van der Waals surface area (Å²) in [7, 11) is 1.78. The van der Waals surface area contributed by atoms with E-state index in [1.807, 2.05) is 0 Å². The molecule has 1 N–H and O–H groups in total. The molecule has 1 aromatic heterocycles. The summed E-state index contributed by atoms with van der Waals surface area (Å²) in [5.74, 6) is -0.376. The fourth-order valence-electron chi connectivity index (χ4n) is 4.91. The number of fused-ring (bicyclic) bond motifs is 1. The second-order valence-corrected chi connectivity index (χ2v) is 8.55. The Hall–Kier alpha value is -2.61. The highest BCUT2D eigenvalue weighted by Crippen LogP contribution is 2.46. The van der Waals surface area contributed by atoms with Gasteiger partial charge in [0.25, 0.3) is 5.91 Å². The second-order valence-electron chi connectivity index (χ2n) is 8.14. The first-order valence-electron chi connectivity index (χ1n) is 9.59. The number of carbonyl (C=O) groups is 2. The number of hydrogen-bond donors (Lipinski definition) is 1. The van der Waals surface area contributed by atoms with E-state index in [4.69, 9.17) is 16.3 Å². The molecule has 5 rings (SSSR count). The molecule has 1 saturated heterocycles. The number of benzene rings is 1. The average Bonchev–Trinajstić information content (AvgIpc) is 3.28. The summed E-state index contributed by atoms with van der Waals surface area (Å²) in [6.07, 6.45) is 2.92. The third-order valence-corrected chi connectivity index (χ3v) is 6.61. The van der Waals surface area contributed by atoms with Gasteiger partial charge in [-0.3, -0.25) is 9.48 Å². The molecule has 7 nitrogen and oxygen atoms in total. The van der Waals surface area contributed by atoms with Crippen LogP contribution in [-0.2, 0) is 18.2 Å². The molecule has 1 aromatic carbocycles. The van der Waals surface area contributed by atoms with Crippen molar-refractivity contribution in [1.82, 2.24) is 20.0 Å². The molecule has 2 aliphatic heterocycles. The molecule has 29 heavy (non-hydrogen) atoms. The van der Waals surface area contributed by atoms with E-state index in [-0.39, 0.29) is 23.7 Å². The highest BCUT2D eigenvalue weighted by atomic mass is 35.5. The number of nitrogens with one attached hydrogen (secondary N) is 1. The summed E-state index contributed by atoms with van der Waals surface area (Å²) in [5.41, 5.74) is 1.11. The molecule has 1 saturated carbocycles. The summed E-state index contributed by atoms with van der Waals surface area (Å²) in [4.78, 5) is 26.2. The van der Waals surface area contributed by atoms with Crippen LogP contribution in [0.4, 0.5) is 9.18 Å². The maximum Gasteiger partial charge on any atom is 0.407 e. The van der Waals surface area contributed by atoms with Crippen molar-refractivity contribution < 1.29 is 18.7 Å². The van der Waals surface area contributed by atoms with Crippen LogP contribution in [-0.4, -0.2) is 45.4 Å². The quantitative estimate of drug-likeness (QED) is 0.828. The number of aromatic nitrogens is 2. The van der Waals surface area contributed by atoms with E-state index in [2.05, 4.69) is 10.4 Å². The van der Waals surface area contributed by atoms with E-state index in [9.17, 15) is 14.0 Å². The van der Waals surface area contributed by atoms with Gasteiger partial charge in [-0.05, 0) is 30.9 Å². The molecular weight excluding hydrogens is 399 g/mol. The third-order valence-electron chi connectivity index (χ3n) is 6.29. The highest BCUT2D eigenvalue weighted by Gasteiger charge is 2.53. The number of hydrogen-bond acceptors (Lipinski definition) is 4. The zero-order valence-corrected chi connectivity index (χ0v) is 16.6. The van der Waals surface area contributed by atoms with Gasteiger partial charge >= 0.3 is 6.09 Å². The zero-order valence-electron chi connectivity index (χ0n) is 15.8. The fourth-order valence-corrected chi connectivity index (χ4v) is 5.16. The lowest BCUT2D eigenvalue weighted by atomic mass is 9.70. The number of carbonyl (C=O) groups excluding carboxylic acids is 2. The van der Waals surface area contributed by atoms with E-state index in [0.717, 1.165) is 5.69 Å². The minimum absolute atomic E-state index is 0.176. The average molecular weight is 419 g/mol. The predicted octanol–water partition coefficient (Wildman–Crippen LogP) is 2.84. The summed E-state index contributed by atoms with van der Waals surface area (Å²) < 4.78 is 21.8. The molecule has 2 amide bonds. The third kappa shape index (κ3) is 2.88. The number of aryl methyl sites for hydroxylation is 1. The smallest absolute Gasteiger partial charge is 0.407 e. The molecular formula is C20H20ClFN4O3. The van der Waals surface area contributed by atoms with Crippen LogP contribution >= 0.6 is 11.6 Å². The predicted molar refractivity (Wildman–Crippen MR) is 102 cm³/mol. The number of amides is 2. The first kappa shape index (κ1) is 18.4. The zero-order chi connectivity index (χ0) is 20.3. The molecule has 0 bridgehead atoms. The Morgan fingerprint density at radius 3 is 2.83 bits per heavy atom. The van der Waals surface area contributed by atoms with Crippen molar-refractivity contribution in [3.63, 3.8) is 0 Å². The second kappa shape index (κ2) is 6.45. The van der Waals surface area contributed by atoms with Gasteiger partial charge in [-0.2, -0.15) is 5.10 Å². The van der Waals surface area contributed by atoms with Crippen LogP contribution in [0.25, 0.3) is 0 Å². The lowest BCUT2D eigenvalue weighted by Crippen LogP contribution is -2.51. The minimum atomic E-state index is -0.455. The van der Waals surface area contributed by atoms with Gasteiger partial charge in [0.15, 0.2) is 0 Å². The van der Waals surface area contributed by atoms with E-state index in [1.165, 1.54) is 6.07 Å². The van der Waals surface area contributed by atoms with Gasteiger partial charge in [-0.15, -0.1) is 0 Å². The van der Waals surface area contributed by atoms with Gasteiger partial charge in [0.05, 0.1) is 29.5 Å². The van der Waals surface area contributed by atoms with Crippen molar-refractivity contribution in [2.45, 2.75) is 30.9 Å². The lowest BCUT2D eigenvalue weighted by Gasteiger charge is -2.44. The maximum atomic E-state index is 14.7. The van der Waals surface area contributed by atoms with Crippen LogP contribution < -0.4 is 5.32 Å². The molecule has 3 aliphatic rings. The molecule has 1 aliphatic carbocycles. The van der Waals surface area contributed by atoms with Crippen LogP contribution in [0.15, 0.2) is 24.4 Å². The van der Waals surface area contributed by atoms with Crippen LogP contribution in [0.2, 0.25) is 5.02 Å². The Morgan fingerprint density at radius 2 is 2.17 bits per heavy atom. The number of halogens is 2. The van der Waals surface area contributed by atoms with E-state index < -0.39 is 11.6 Å². The first-order chi connectivity index (χ1) is 13.9. The maximum absolute atomic E-state index is 14.7. The van der Waals surface area contributed by atoms with Crippen LogP contribution in [0.3, 0.4) is 0 Å². The van der Waals surface area contributed by atoms with Gasteiger partial charge in [0.1, 0.15) is 11.4 Å². The van der Waals surface area contributed by atoms with Crippen LogP contribution in [0.5, 0.6) is 0 Å². The van der Waals surface area contributed by atoms with E-state index >= 15 is 0 Å². The Kier molecular flexibility index (Phi) is 4.10. The lowest BCUT2D eigenvalue weighted by molar-refractivity contribution is -0.0555. The monoisotopic (exact) mass is 418 g/mol. The summed E-state index contributed by atoms with van der Waals surface area (Å²) >= 11 is 6.28. The van der Waals surface area contributed by atoms with E-state index in [1.54, 1.807) is 35.0 Å². The molecule has 3 heterocycles. The van der Waals surface area contributed by atoms with Crippen molar-refractivity contribution in [3.8, 4) is 0 Å². The minimum Gasteiger partial charge on any atom is -0.441 e. The fraction of sp³-hybridized carbons (Fsp3) is 0.450. The van der Waals surface area contributed by atoms with Gasteiger partial charge in [-0.1, -0.05) is 17.7 Å². The summed E-state index contributed by atoms with van der Waals surface area (Å²) in [6.45, 7) is 0.978. The van der Waals surface area contributed by atoms with Crippen LogP contribution in [0, 0.1) is 11.7 Å². The van der Waals surface area contributed by atoms with Crippen LogP contribution in [0.1, 0.15) is 40.5 Å². The van der Waals surface area contributed by atoms with Gasteiger partial charge < -0.3 is 15.0 Å². The number of ether oxygens (including phenoxy) is 1. The Labute approximate surface area is 171 Å². The molecule has 1 spiro atoms. The highest BCUT2D eigenvalue weighted by molar-refractivity contribution is 6.31. The Bertz CT molecular complexity index is 998. The molecule has 0 radical (unpaired) electrons. The number of alkyl carbamates (subject to hydrolysis) is 1. The van der Waals surface area contributed by atoms with E-state index in [0.29, 0.717) is 48.5 Å². The Balaban J connectivity index is 1.41. The van der Waals surface area contributed by atoms with Gasteiger partial charge in [0, 0.05) is 31.1 Å². The molecule has 1 atom stereocenters. The van der Waals surface area contributed by atoms with Crippen molar-refractivity contribution in [1.29, 1.82) is 0 Å². The SMILES string of the molecule is Cn1ncc(Cl)c1CC1c2c(F)cccc2C(=O)N1CC1CC2(CNC(=O)O2)C1. The van der Waals surface area contributed by atoms with Gasteiger partial charge in [0.2, 0.25) is 0 Å². The molecule has 2 fully saturated rings. The summed E-state index contributed by atoms with van der Waals surface area (Å²) in [6, 6.07) is 4.16.